The lowest BCUT2D eigenvalue weighted by Crippen LogP contribution is -2.56. The van der Waals surface area contributed by atoms with Crippen LogP contribution >= 0.6 is 0 Å². The molecule has 1 saturated carbocycles. The Bertz CT molecular complexity index is 524. The van der Waals surface area contributed by atoms with Crippen molar-refractivity contribution in [1.29, 1.82) is 0 Å². The van der Waals surface area contributed by atoms with Crippen LogP contribution in [-0.4, -0.2) is 67.0 Å². The molecule has 1 saturated heterocycles. The Balaban J connectivity index is 1.79. The second kappa shape index (κ2) is 11.3. The molecule has 1 atom stereocenters. The number of carbonyl (C=O) groups excluding carboxylic acids is 3. The molecule has 2 rings (SSSR count). The zero-order valence-corrected chi connectivity index (χ0v) is 17.7. The molecule has 28 heavy (non-hydrogen) atoms. The lowest BCUT2D eigenvalue weighted by molar-refractivity contribution is -0.141. The van der Waals surface area contributed by atoms with Gasteiger partial charge < -0.3 is 19.9 Å². The standard InChI is InChI=1S/C21H37N3O4/c1-16(2)15-18(22-21(27)28-3)20(26)24-13-11-23(12-14-24)19(25)10-9-17-7-5-4-6-8-17/h16-18H,4-15H2,1-3H3,(H,22,27). The normalized spacial score (nSPS) is 19.4. The molecule has 1 aliphatic heterocycles. The maximum atomic E-state index is 12.8. The molecule has 0 aromatic heterocycles. The highest BCUT2D eigenvalue weighted by Crippen LogP contribution is 2.27. The number of hydrogen-bond donors (Lipinski definition) is 1. The lowest BCUT2D eigenvalue weighted by Gasteiger charge is -2.37. The third-order valence-corrected chi connectivity index (χ3v) is 5.92. The smallest absolute Gasteiger partial charge is 0.407 e. The average molecular weight is 396 g/mol. The van der Waals surface area contributed by atoms with E-state index in [1.54, 1.807) is 4.90 Å². The Hall–Kier alpha value is -1.79. The van der Waals surface area contributed by atoms with Crippen molar-refractivity contribution in [1.82, 2.24) is 15.1 Å². The highest BCUT2D eigenvalue weighted by atomic mass is 16.5. The lowest BCUT2D eigenvalue weighted by atomic mass is 9.86. The second-order valence-corrected chi connectivity index (χ2v) is 8.57. The molecular formula is C21H37N3O4. The third kappa shape index (κ3) is 6.99. The molecule has 2 aliphatic rings. The summed E-state index contributed by atoms with van der Waals surface area (Å²) in [4.78, 5) is 40.6. The van der Waals surface area contributed by atoms with Gasteiger partial charge in [0.1, 0.15) is 6.04 Å². The molecule has 0 bridgehead atoms. The first-order chi connectivity index (χ1) is 13.4. The summed E-state index contributed by atoms with van der Waals surface area (Å²) in [6.45, 7) is 6.21. The van der Waals surface area contributed by atoms with Crippen LogP contribution in [0.5, 0.6) is 0 Å². The van der Waals surface area contributed by atoms with Gasteiger partial charge in [0.15, 0.2) is 0 Å². The van der Waals surface area contributed by atoms with Gasteiger partial charge in [-0.3, -0.25) is 9.59 Å². The number of carbonyl (C=O) groups is 3. The van der Waals surface area contributed by atoms with E-state index in [4.69, 9.17) is 0 Å². The van der Waals surface area contributed by atoms with Crippen molar-refractivity contribution < 1.29 is 19.1 Å². The molecule has 1 unspecified atom stereocenters. The molecule has 2 fully saturated rings. The molecule has 160 valence electrons. The molecule has 1 aliphatic carbocycles. The van der Waals surface area contributed by atoms with E-state index in [0.29, 0.717) is 44.9 Å². The van der Waals surface area contributed by atoms with E-state index in [2.05, 4.69) is 10.1 Å². The summed E-state index contributed by atoms with van der Waals surface area (Å²) in [6, 6.07) is -0.582. The first kappa shape index (κ1) is 22.5. The van der Waals surface area contributed by atoms with Crippen molar-refractivity contribution in [2.24, 2.45) is 11.8 Å². The topological polar surface area (TPSA) is 79.0 Å². The Morgan fingerprint density at radius 1 is 1.00 bits per heavy atom. The zero-order valence-electron chi connectivity index (χ0n) is 17.7. The van der Waals surface area contributed by atoms with Crippen LogP contribution in [0.1, 0.15) is 65.2 Å². The van der Waals surface area contributed by atoms with Crippen LogP contribution in [0.2, 0.25) is 0 Å². The van der Waals surface area contributed by atoms with Gasteiger partial charge in [0.05, 0.1) is 7.11 Å². The zero-order chi connectivity index (χ0) is 20.5. The Kier molecular flexibility index (Phi) is 9.06. The number of rotatable bonds is 7. The van der Waals surface area contributed by atoms with Gasteiger partial charge in [-0.1, -0.05) is 46.0 Å². The predicted octanol–water partition coefficient (Wildman–Crippen LogP) is 2.79. The largest absolute Gasteiger partial charge is 0.453 e. The van der Waals surface area contributed by atoms with Gasteiger partial charge >= 0.3 is 6.09 Å². The van der Waals surface area contributed by atoms with Crippen molar-refractivity contribution in [2.45, 2.75) is 71.3 Å². The van der Waals surface area contributed by atoms with E-state index in [0.717, 1.165) is 6.42 Å². The molecule has 0 aromatic carbocycles. The van der Waals surface area contributed by atoms with Crippen molar-refractivity contribution in [3.8, 4) is 0 Å². The van der Waals surface area contributed by atoms with Gasteiger partial charge in [-0.05, 0) is 24.7 Å². The number of nitrogens with zero attached hydrogens (tertiary/aromatic N) is 2. The molecule has 0 spiro atoms. The summed E-state index contributed by atoms with van der Waals surface area (Å²) in [7, 11) is 1.30. The first-order valence-electron chi connectivity index (χ1n) is 10.8. The quantitative estimate of drug-likeness (QED) is 0.719. The number of hydrogen-bond acceptors (Lipinski definition) is 4. The van der Waals surface area contributed by atoms with Crippen molar-refractivity contribution in [3.63, 3.8) is 0 Å². The maximum absolute atomic E-state index is 12.8. The van der Waals surface area contributed by atoms with E-state index in [1.165, 1.54) is 39.2 Å². The van der Waals surface area contributed by atoms with Crippen LogP contribution in [0, 0.1) is 11.8 Å². The van der Waals surface area contributed by atoms with Gasteiger partial charge in [0.2, 0.25) is 11.8 Å². The van der Waals surface area contributed by atoms with Crippen molar-refractivity contribution in [2.75, 3.05) is 33.3 Å². The Morgan fingerprint density at radius 3 is 2.18 bits per heavy atom. The molecule has 1 N–H and O–H groups in total. The second-order valence-electron chi connectivity index (χ2n) is 8.57. The molecule has 1 heterocycles. The Labute approximate surface area is 169 Å². The molecule has 0 radical (unpaired) electrons. The van der Waals surface area contributed by atoms with Gasteiger partial charge in [-0.25, -0.2) is 4.79 Å². The number of ether oxygens (including phenoxy) is 1. The summed E-state index contributed by atoms with van der Waals surface area (Å²) >= 11 is 0. The monoisotopic (exact) mass is 395 g/mol. The van der Waals surface area contributed by atoms with Gasteiger partial charge in [0, 0.05) is 32.6 Å². The van der Waals surface area contributed by atoms with Crippen LogP contribution in [0.15, 0.2) is 0 Å². The molecular weight excluding hydrogens is 358 g/mol. The minimum Gasteiger partial charge on any atom is -0.453 e. The fourth-order valence-electron chi connectivity index (χ4n) is 4.25. The number of amides is 3. The fraction of sp³-hybridized carbons (Fsp3) is 0.857. The van der Waals surface area contributed by atoms with E-state index >= 15 is 0 Å². The molecule has 0 aromatic rings. The van der Waals surface area contributed by atoms with Crippen molar-refractivity contribution in [3.05, 3.63) is 0 Å². The summed E-state index contributed by atoms with van der Waals surface area (Å²) < 4.78 is 4.65. The minimum atomic E-state index is -0.587. The van der Waals surface area contributed by atoms with Crippen LogP contribution < -0.4 is 5.32 Å². The van der Waals surface area contributed by atoms with Gasteiger partial charge in [-0.15, -0.1) is 0 Å². The van der Waals surface area contributed by atoms with E-state index < -0.39 is 12.1 Å². The molecule has 7 heteroatoms. The minimum absolute atomic E-state index is 0.0894. The highest BCUT2D eigenvalue weighted by Gasteiger charge is 2.30. The van der Waals surface area contributed by atoms with Crippen LogP contribution in [0.25, 0.3) is 0 Å². The molecule has 7 nitrogen and oxygen atoms in total. The Morgan fingerprint density at radius 2 is 1.61 bits per heavy atom. The maximum Gasteiger partial charge on any atom is 0.407 e. The fourth-order valence-corrected chi connectivity index (χ4v) is 4.25. The average Bonchev–Trinajstić information content (AvgIpc) is 2.71. The summed E-state index contributed by atoms with van der Waals surface area (Å²) in [5, 5.41) is 2.65. The number of methoxy groups -OCH3 is 1. The number of piperazine rings is 1. The van der Waals surface area contributed by atoms with Gasteiger partial charge in [0.25, 0.3) is 0 Å². The van der Waals surface area contributed by atoms with Crippen molar-refractivity contribution >= 4 is 17.9 Å². The number of nitrogens with one attached hydrogen (secondary N) is 1. The van der Waals surface area contributed by atoms with Crippen LogP contribution in [-0.2, 0) is 14.3 Å². The summed E-state index contributed by atoms with van der Waals surface area (Å²) in [6.07, 6.45) is 8.07. The van der Waals surface area contributed by atoms with E-state index in [-0.39, 0.29) is 17.7 Å². The summed E-state index contributed by atoms with van der Waals surface area (Å²) in [5.41, 5.74) is 0. The first-order valence-corrected chi connectivity index (χ1v) is 10.8. The van der Waals surface area contributed by atoms with E-state index in [9.17, 15) is 14.4 Å². The highest BCUT2D eigenvalue weighted by molar-refractivity contribution is 5.86. The van der Waals surface area contributed by atoms with E-state index in [1.807, 2.05) is 18.7 Å². The predicted molar refractivity (Wildman–Crippen MR) is 108 cm³/mol. The van der Waals surface area contributed by atoms with Gasteiger partial charge in [-0.2, -0.15) is 0 Å². The SMILES string of the molecule is COC(=O)NC(CC(C)C)C(=O)N1CCN(C(=O)CCC2CCCCC2)CC1. The summed E-state index contributed by atoms with van der Waals surface area (Å²) in [5.74, 6) is 1.10. The van der Waals surface area contributed by atoms with Crippen LogP contribution in [0.3, 0.4) is 0 Å². The molecule has 3 amide bonds. The van der Waals surface area contributed by atoms with Crippen LogP contribution in [0.4, 0.5) is 4.79 Å². The number of alkyl carbamates (subject to hydrolysis) is 1. The third-order valence-electron chi connectivity index (χ3n) is 5.92.